The van der Waals surface area contributed by atoms with E-state index in [1.165, 1.54) is 6.07 Å². The van der Waals surface area contributed by atoms with Crippen LogP contribution in [0.5, 0.6) is 0 Å². The molecular formula is C14H13BrClF2N3. The molecule has 1 heterocycles. The molecule has 1 aromatic carbocycles. The van der Waals surface area contributed by atoms with Gasteiger partial charge in [0.15, 0.2) is 0 Å². The van der Waals surface area contributed by atoms with Crippen molar-refractivity contribution in [1.29, 1.82) is 0 Å². The lowest BCUT2D eigenvalue weighted by Gasteiger charge is -2.13. The molecule has 2 aromatic rings. The molecule has 0 amide bonds. The van der Waals surface area contributed by atoms with Crippen molar-refractivity contribution in [3.63, 3.8) is 0 Å². The van der Waals surface area contributed by atoms with Gasteiger partial charge in [0.25, 0.3) is 0 Å². The maximum absolute atomic E-state index is 13.8. The highest BCUT2D eigenvalue weighted by molar-refractivity contribution is 9.10. The van der Waals surface area contributed by atoms with Crippen molar-refractivity contribution >= 4 is 39.0 Å². The molecule has 0 spiro atoms. The second kappa shape index (κ2) is 6.23. The zero-order valence-electron chi connectivity index (χ0n) is 11.6. The number of nitrogens with zero attached hydrogens (tertiary/aromatic N) is 2. The van der Waals surface area contributed by atoms with Crippen LogP contribution in [-0.4, -0.2) is 9.97 Å². The summed E-state index contributed by atoms with van der Waals surface area (Å²) in [7, 11) is 0. The van der Waals surface area contributed by atoms with Crippen LogP contribution in [0.25, 0.3) is 0 Å². The fraction of sp³-hybridized carbons (Fsp3) is 0.286. The first-order valence-corrected chi connectivity index (χ1v) is 7.42. The molecule has 1 N–H and O–H groups in total. The summed E-state index contributed by atoms with van der Waals surface area (Å²) < 4.78 is 27.2. The van der Waals surface area contributed by atoms with Crippen molar-refractivity contribution < 1.29 is 8.78 Å². The summed E-state index contributed by atoms with van der Waals surface area (Å²) in [6.45, 7) is 5.59. The molecule has 0 bridgehead atoms. The number of benzene rings is 1. The summed E-state index contributed by atoms with van der Waals surface area (Å²) in [5, 5.41) is 3.14. The summed E-state index contributed by atoms with van der Waals surface area (Å²) >= 11 is 9.10. The van der Waals surface area contributed by atoms with E-state index in [4.69, 9.17) is 11.6 Å². The van der Waals surface area contributed by atoms with E-state index in [9.17, 15) is 8.78 Å². The van der Waals surface area contributed by atoms with E-state index in [0.717, 1.165) is 6.07 Å². The van der Waals surface area contributed by atoms with Crippen LogP contribution in [0.15, 0.2) is 16.6 Å². The lowest BCUT2D eigenvalue weighted by Crippen LogP contribution is -2.06. The van der Waals surface area contributed by atoms with Gasteiger partial charge in [-0.05, 0) is 28.9 Å². The maximum Gasteiger partial charge on any atom is 0.149 e. The highest BCUT2D eigenvalue weighted by Crippen LogP contribution is 2.29. The van der Waals surface area contributed by atoms with Gasteiger partial charge >= 0.3 is 0 Å². The van der Waals surface area contributed by atoms with Gasteiger partial charge in [-0.2, -0.15) is 0 Å². The lowest BCUT2D eigenvalue weighted by molar-refractivity contribution is 0.581. The Morgan fingerprint density at radius 2 is 1.86 bits per heavy atom. The molecule has 3 nitrogen and oxygen atoms in total. The van der Waals surface area contributed by atoms with Crippen LogP contribution >= 0.6 is 27.5 Å². The van der Waals surface area contributed by atoms with E-state index >= 15 is 0 Å². The number of rotatable bonds is 3. The summed E-state index contributed by atoms with van der Waals surface area (Å²) in [6.07, 6.45) is 0. The molecule has 7 heteroatoms. The van der Waals surface area contributed by atoms with Crippen LogP contribution in [0, 0.1) is 18.6 Å². The fourth-order valence-corrected chi connectivity index (χ4v) is 2.15. The van der Waals surface area contributed by atoms with Crippen LogP contribution in [0.2, 0.25) is 5.15 Å². The normalized spacial score (nSPS) is 11.0. The molecule has 0 saturated heterocycles. The van der Waals surface area contributed by atoms with Crippen LogP contribution in [0.1, 0.15) is 31.2 Å². The smallest absolute Gasteiger partial charge is 0.149 e. The minimum Gasteiger partial charge on any atom is -0.337 e. The number of nitrogens with one attached hydrogen (secondary N) is 1. The van der Waals surface area contributed by atoms with E-state index in [2.05, 4.69) is 31.2 Å². The van der Waals surface area contributed by atoms with Crippen molar-refractivity contribution in [3.8, 4) is 0 Å². The molecule has 21 heavy (non-hydrogen) atoms. The number of anilines is 2. The molecule has 0 saturated carbocycles. The van der Waals surface area contributed by atoms with Gasteiger partial charge in [-0.3, -0.25) is 0 Å². The molecule has 0 aliphatic heterocycles. The van der Waals surface area contributed by atoms with Crippen molar-refractivity contribution in [1.82, 2.24) is 9.97 Å². The summed E-state index contributed by atoms with van der Waals surface area (Å²) in [5.41, 5.74) is 0.705. The van der Waals surface area contributed by atoms with Gasteiger partial charge in [0.1, 0.15) is 28.4 Å². The third kappa shape index (κ3) is 3.49. The first-order chi connectivity index (χ1) is 9.79. The van der Waals surface area contributed by atoms with Crippen molar-refractivity contribution in [2.75, 3.05) is 5.32 Å². The molecule has 0 fully saturated rings. The summed E-state index contributed by atoms with van der Waals surface area (Å²) in [6, 6.07) is 2.11. The number of hydrogen-bond acceptors (Lipinski definition) is 3. The van der Waals surface area contributed by atoms with Crippen molar-refractivity contribution in [2.45, 2.75) is 26.7 Å². The Morgan fingerprint density at radius 1 is 1.19 bits per heavy atom. The van der Waals surface area contributed by atoms with Gasteiger partial charge in [0.2, 0.25) is 0 Å². The monoisotopic (exact) mass is 375 g/mol. The largest absolute Gasteiger partial charge is 0.337 e. The maximum atomic E-state index is 13.8. The SMILES string of the molecule is Cc1c(Cl)nc(C(C)C)nc1Nc1cc(Br)c(F)cc1F. The van der Waals surface area contributed by atoms with Gasteiger partial charge in [-0.25, -0.2) is 18.7 Å². The average molecular weight is 377 g/mol. The Bertz CT molecular complexity index is 692. The quantitative estimate of drug-likeness (QED) is 0.580. The molecule has 0 aliphatic rings. The second-order valence-corrected chi connectivity index (χ2v) is 6.08. The van der Waals surface area contributed by atoms with E-state index in [1.807, 2.05) is 13.8 Å². The van der Waals surface area contributed by atoms with E-state index in [1.54, 1.807) is 6.92 Å². The van der Waals surface area contributed by atoms with Gasteiger partial charge in [-0.1, -0.05) is 25.4 Å². The van der Waals surface area contributed by atoms with Gasteiger partial charge in [-0.15, -0.1) is 0 Å². The topological polar surface area (TPSA) is 37.8 Å². The molecule has 0 aliphatic carbocycles. The zero-order valence-corrected chi connectivity index (χ0v) is 14.0. The van der Waals surface area contributed by atoms with Crippen molar-refractivity contribution in [2.24, 2.45) is 0 Å². The molecule has 112 valence electrons. The summed E-state index contributed by atoms with van der Waals surface area (Å²) in [4.78, 5) is 8.52. The summed E-state index contributed by atoms with van der Waals surface area (Å²) in [5.74, 6) is -0.353. The van der Waals surface area contributed by atoms with E-state index in [-0.39, 0.29) is 16.1 Å². The van der Waals surface area contributed by atoms with E-state index in [0.29, 0.717) is 22.4 Å². The Kier molecular flexibility index (Phi) is 4.78. The Labute approximate surface area is 134 Å². The third-order valence-corrected chi connectivity index (χ3v) is 3.86. The van der Waals surface area contributed by atoms with Crippen LogP contribution in [-0.2, 0) is 0 Å². The molecule has 0 radical (unpaired) electrons. The first-order valence-electron chi connectivity index (χ1n) is 6.25. The Hall–Kier alpha value is -1.27. The van der Waals surface area contributed by atoms with Crippen LogP contribution in [0.3, 0.4) is 0 Å². The predicted molar refractivity (Wildman–Crippen MR) is 83.2 cm³/mol. The number of hydrogen-bond donors (Lipinski definition) is 1. The molecule has 2 rings (SSSR count). The van der Waals surface area contributed by atoms with Crippen molar-refractivity contribution in [3.05, 3.63) is 44.8 Å². The minimum absolute atomic E-state index is 0.0773. The number of halogens is 4. The first kappa shape index (κ1) is 16.1. The van der Waals surface area contributed by atoms with Gasteiger partial charge in [0, 0.05) is 17.5 Å². The van der Waals surface area contributed by atoms with Crippen LogP contribution < -0.4 is 5.32 Å². The van der Waals surface area contributed by atoms with Gasteiger partial charge < -0.3 is 5.32 Å². The third-order valence-electron chi connectivity index (χ3n) is 2.88. The fourth-order valence-electron chi connectivity index (χ4n) is 1.63. The van der Waals surface area contributed by atoms with Gasteiger partial charge in [0.05, 0.1) is 10.2 Å². The molecule has 0 atom stereocenters. The second-order valence-electron chi connectivity index (χ2n) is 4.87. The van der Waals surface area contributed by atoms with E-state index < -0.39 is 11.6 Å². The predicted octanol–water partition coefficient (Wildman–Crippen LogP) is 5.35. The Balaban J connectivity index is 2.46. The highest BCUT2D eigenvalue weighted by Gasteiger charge is 2.14. The molecule has 0 unspecified atom stereocenters. The zero-order chi connectivity index (χ0) is 15.7. The average Bonchev–Trinajstić information content (AvgIpc) is 2.40. The standard InChI is InChI=1S/C14H13BrClF2N3/c1-6(2)13-20-12(16)7(3)14(21-13)19-11-4-8(15)9(17)5-10(11)18/h4-6H,1-3H3,(H,19,20,21). The molecular weight excluding hydrogens is 364 g/mol. The Morgan fingerprint density at radius 3 is 2.48 bits per heavy atom. The highest BCUT2D eigenvalue weighted by atomic mass is 79.9. The minimum atomic E-state index is -0.712. The molecule has 1 aromatic heterocycles. The number of aromatic nitrogens is 2. The lowest BCUT2D eigenvalue weighted by atomic mass is 10.2. The van der Waals surface area contributed by atoms with Crippen LogP contribution in [0.4, 0.5) is 20.3 Å².